The number of benzene rings is 1. The van der Waals surface area contributed by atoms with E-state index in [2.05, 4.69) is 70.4 Å². The van der Waals surface area contributed by atoms with Gasteiger partial charge >= 0.3 is 0 Å². The molecule has 0 radical (unpaired) electrons. The van der Waals surface area contributed by atoms with Crippen LogP contribution in [0.5, 0.6) is 0 Å². The van der Waals surface area contributed by atoms with Gasteiger partial charge < -0.3 is 9.74 Å². The van der Waals surface area contributed by atoms with E-state index in [-0.39, 0.29) is 5.04 Å². The van der Waals surface area contributed by atoms with E-state index in [9.17, 15) is 0 Å². The first-order valence-electron chi connectivity index (χ1n) is 6.73. The van der Waals surface area contributed by atoms with Crippen molar-refractivity contribution < 1.29 is 4.43 Å². The zero-order valence-corrected chi connectivity index (χ0v) is 13.6. The van der Waals surface area contributed by atoms with Gasteiger partial charge in [-0.3, -0.25) is 0 Å². The molecule has 1 rings (SSSR count). The fourth-order valence-electron chi connectivity index (χ4n) is 1.46. The summed E-state index contributed by atoms with van der Waals surface area (Å²) in [6.45, 7) is 15.2. The molecule has 0 spiro atoms. The van der Waals surface area contributed by atoms with Gasteiger partial charge in [-0.25, -0.2) is 0 Å². The molecule has 0 atom stereocenters. The van der Waals surface area contributed by atoms with Crippen LogP contribution in [0.4, 0.5) is 5.69 Å². The minimum Gasteiger partial charge on any atom is -0.413 e. The summed E-state index contributed by atoms with van der Waals surface area (Å²) in [6.07, 6.45) is 0. The topological polar surface area (TPSA) is 21.3 Å². The van der Waals surface area contributed by atoms with E-state index in [1.54, 1.807) is 0 Å². The van der Waals surface area contributed by atoms with Gasteiger partial charge in [-0.2, -0.15) is 0 Å². The third-order valence-electron chi connectivity index (χ3n) is 3.71. The maximum absolute atomic E-state index is 6.22. The summed E-state index contributed by atoms with van der Waals surface area (Å²) in [5, 5.41) is 3.60. The SMILES string of the molecule is CCNc1cccc(CO[Si](C)(C)C(C)(C)C)c1. The second-order valence-corrected chi connectivity index (χ2v) is 11.1. The van der Waals surface area contributed by atoms with Crippen molar-refractivity contribution in [2.75, 3.05) is 11.9 Å². The highest BCUT2D eigenvalue weighted by Gasteiger charge is 2.36. The number of rotatable bonds is 5. The molecule has 102 valence electrons. The van der Waals surface area contributed by atoms with E-state index in [4.69, 9.17) is 4.43 Å². The summed E-state index contributed by atoms with van der Waals surface area (Å²) in [6, 6.07) is 8.49. The van der Waals surface area contributed by atoms with Crippen LogP contribution in [-0.2, 0) is 11.0 Å². The lowest BCUT2D eigenvalue weighted by Crippen LogP contribution is -2.40. The Morgan fingerprint density at radius 3 is 2.44 bits per heavy atom. The molecule has 0 saturated carbocycles. The van der Waals surface area contributed by atoms with Crippen LogP contribution in [0.2, 0.25) is 18.1 Å². The molecule has 1 aromatic rings. The second kappa shape index (κ2) is 5.89. The first kappa shape index (κ1) is 15.3. The third kappa shape index (κ3) is 4.14. The molecular weight excluding hydrogens is 238 g/mol. The van der Waals surface area contributed by atoms with Crippen LogP contribution in [0, 0.1) is 0 Å². The number of anilines is 1. The number of hydrogen-bond donors (Lipinski definition) is 1. The highest BCUT2D eigenvalue weighted by atomic mass is 28.4. The molecule has 2 nitrogen and oxygen atoms in total. The van der Waals surface area contributed by atoms with Gasteiger partial charge in [-0.1, -0.05) is 32.9 Å². The van der Waals surface area contributed by atoms with E-state index in [1.165, 1.54) is 11.3 Å². The van der Waals surface area contributed by atoms with Crippen LogP contribution in [0.1, 0.15) is 33.3 Å². The Morgan fingerprint density at radius 2 is 1.89 bits per heavy atom. The van der Waals surface area contributed by atoms with Crippen molar-refractivity contribution in [2.24, 2.45) is 0 Å². The molecule has 3 heteroatoms. The fourth-order valence-corrected chi connectivity index (χ4v) is 2.42. The van der Waals surface area contributed by atoms with Crippen molar-refractivity contribution in [1.82, 2.24) is 0 Å². The summed E-state index contributed by atoms with van der Waals surface area (Å²) in [4.78, 5) is 0. The smallest absolute Gasteiger partial charge is 0.192 e. The maximum Gasteiger partial charge on any atom is 0.192 e. The van der Waals surface area contributed by atoms with Crippen molar-refractivity contribution >= 4 is 14.0 Å². The van der Waals surface area contributed by atoms with Gasteiger partial charge in [0.25, 0.3) is 0 Å². The molecule has 1 aromatic carbocycles. The van der Waals surface area contributed by atoms with Crippen molar-refractivity contribution in [2.45, 2.75) is 52.4 Å². The molecule has 0 bridgehead atoms. The number of hydrogen-bond acceptors (Lipinski definition) is 2. The standard InChI is InChI=1S/C15H27NOSi/c1-7-16-14-10-8-9-13(11-14)12-17-18(5,6)15(2,3)4/h8-11,16H,7,12H2,1-6H3. The number of nitrogens with one attached hydrogen (secondary N) is 1. The first-order chi connectivity index (χ1) is 8.26. The minimum atomic E-state index is -1.64. The Kier molecular flexibility index (Phi) is 4.99. The molecule has 0 aliphatic rings. The molecule has 0 aromatic heterocycles. The van der Waals surface area contributed by atoms with Crippen molar-refractivity contribution in [1.29, 1.82) is 0 Å². The van der Waals surface area contributed by atoms with Gasteiger partial charge in [-0.05, 0) is 42.8 Å². The zero-order chi connectivity index (χ0) is 13.8. The predicted octanol–water partition coefficient (Wildman–Crippen LogP) is 4.64. The van der Waals surface area contributed by atoms with Crippen LogP contribution in [0.25, 0.3) is 0 Å². The largest absolute Gasteiger partial charge is 0.413 e. The highest BCUT2D eigenvalue weighted by molar-refractivity contribution is 6.74. The van der Waals surface area contributed by atoms with Gasteiger partial charge in [0, 0.05) is 12.2 Å². The van der Waals surface area contributed by atoms with Gasteiger partial charge in [0.05, 0.1) is 6.61 Å². The monoisotopic (exact) mass is 265 g/mol. The third-order valence-corrected chi connectivity index (χ3v) is 8.19. The Hall–Kier alpha value is -0.803. The summed E-state index contributed by atoms with van der Waals surface area (Å²) >= 11 is 0. The minimum absolute atomic E-state index is 0.270. The average molecular weight is 265 g/mol. The van der Waals surface area contributed by atoms with Gasteiger partial charge in [0.2, 0.25) is 0 Å². The molecule has 0 amide bonds. The summed E-state index contributed by atoms with van der Waals surface area (Å²) in [5.74, 6) is 0. The lowest BCUT2D eigenvalue weighted by Gasteiger charge is -2.36. The lowest BCUT2D eigenvalue weighted by molar-refractivity contribution is 0.276. The Bertz CT molecular complexity index is 382. The van der Waals surface area contributed by atoms with E-state index in [1.807, 2.05) is 0 Å². The Morgan fingerprint density at radius 1 is 1.22 bits per heavy atom. The lowest BCUT2D eigenvalue weighted by atomic mass is 10.2. The first-order valence-corrected chi connectivity index (χ1v) is 9.64. The summed E-state index contributed by atoms with van der Waals surface area (Å²) < 4.78 is 6.22. The van der Waals surface area contributed by atoms with E-state index in [0.29, 0.717) is 0 Å². The summed E-state index contributed by atoms with van der Waals surface area (Å²) in [5.41, 5.74) is 2.42. The second-order valence-electron chi connectivity index (χ2n) is 6.28. The van der Waals surface area contributed by atoms with Gasteiger partial charge in [0.1, 0.15) is 0 Å². The molecule has 0 fully saturated rings. The molecule has 0 aliphatic carbocycles. The molecule has 18 heavy (non-hydrogen) atoms. The van der Waals surface area contributed by atoms with Crippen molar-refractivity contribution in [3.63, 3.8) is 0 Å². The van der Waals surface area contributed by atoms with Gasteiger partial charge in [0.15, 0.2) is 8.32 Å². The van der Waals surface area contributed by atoms with Gasteiger partial charge in [-0.15, -0.1) is 0 Å². The molecule has 1 N–H and O–H groups in total. The molecular formula is C15H27NOSi. The molecule has 0 heterocycles. The maximum atomic E-state index is 6.22. The molecule has 0 unspecified atom stereocenters. The van der Waals surface area contributed by atoms with Crippen LogP contribution in [0.3, 0.4) is 0 Å². The normalized spacial score (nSPS) is 12.6. The van der Waals surface area contributed by atoms with E-state index in [0.717, 1.165) is 13.2 Å². The summed E-state index contributed by atoms with van der Waals surface area (Å²) in [7, 11) is -1.64. The van der Waals surface area contributed by atoms with Crippen molar-refractivity contribution in [3.8, 4) is 0 Å². The Balaban J connectivity index is 2.66. The molecule has 0 aliphatic heterocycles. The van der Waals surface area contributed by atoms with Crippen LogP contribution in [0.15, 0.2) is 24.3 Å². The van der Waals surface area contributed by atoms with Crippen molar-refractivity contribution in [3.05, 3.63) is 29.8 Å². The molecule has 0 saturated heterocycles. The van der Waals surface area contributed by atoms with E-state index < -0.39 is 8.32 Å². The predicted molar refractivity (Wildman–Crippen MR) is 82.6 cm³/mol. The van der Waals surface area contributed by atoms with Crippen LogP contribution >= 0.6 is 0 Å². The highest BCUT2D eigenvalue weighted by Crippen LogP contribution is 2.37. The van der Waals surface area contributed by atoms with E-state index >= 15 is 0 Å². The zero-order valence-electron chi connectivity index (χ0n) is 12.6. The average Bonchev–Trinajstić information content (AvgIpc) is 2.26. The van der Waals surface area contributed by atoms with Crippen LogP contribution in [-0.4, -0.2) is 14.9 Å². The quantitative estimate of drug-likeness (QED) is 0.783. The van der Waals surface area contributed by atoms with Crippen LogP contribution < -0.4 is 5.32 Å². The fraction of sp³-hybridized carbons (Fsp3) is 0.600. The Labute approximate surface area is 113 Å².